The van der Waals surface area contributed by atoms with E-state index in [0.29, 0.717) is 23.7 Å². The standard InChI is InChI=1S/C20H19ClN4O2/c21-16-8-6-15(7-9-16)19(26)24-12-10-14(11-13-24)18-22-23-20(27)25(18)17-4-2-1-3-5-17/h1-9,14H,10-13H2,(H,23,27). The first-order chi connectivity index (χ1) is 13.1. The molecular formula is C20H19ClN4O2. The second-order valence-corrected chi connectivity index (χ2v) is 7.07. The third kappa shape index (κ3) is 3.53. The van der Waals surface area contributed by atoms with Gasteiger partial charge in [-0.25, -0.2) is 14.5 Å². The minimum Gasteiger partial charge on any atom is -0.339 e. The molecule has 7 heteroatoms. The van der Waals surface area contributed by atoms with Crippen LogP contribution in [0.25, 0.3) is 5.69 Å². The fraction of sp³-hybridized carbons (Fsp3) is 0.250. The lowest BCUT2D eigenvalue weighted by Gasteiger charge is -2.31. The van der Waals surface area contributed by atoms with Crippen LogP contribution >= 0.6 is 11.6 Å². The minimum absolute atomic E-state index is 0.00703. The lowest BCUT2D eigenvalue weighted by atomic mass is 9.95. The molecule has 1 saturated heterocycles. The van der Waals surface area contributed by atoms with Gasteiger partial charge in [0.05, 0.1) is 5.69 Å². The molecule has 2 heterocycles. The predicted octanol–water partition coefficient (Wildman–Crippen LogP) is 3.23. The number of amides is 1. The minimum atomic E-state index is -0.240. The molecule has 6 nitrogen and oxygen atoms in total. The molecular weight excluding hydrogens is 364 g/mol. The van der Waals surface area contributed by atoms with Gasteiger partial charge in [-0.05, 0) is 49.2 Å². The molecule has 138 valence electrons. The Hall–Kier alpha value is -2.86. The molecule has 0 unspecified atom stereocenters. The van der Waals surface area contributed by atoms with Gasteiger partial charge in [-0.15, -0.1) is 0 Å². The van der Waals surface area contributed by atoms with Crippen LogP contribution in [0.15, 0.2) is 59.4 Å². The first kappa shape index (κ1) is 17.5. The summed E-state index contributed by atoms with van der Waals surface area (Å²) in [5.74, 6) is 0.857. The number of hydrogen-bond acceptors (Lipinski definition) is 3. The van der Waals surface area contributed by atoms with Crippen molar-refractivity contribution in [2.45, 2.75) is 18.8 Å². The van der Waals surface area contributed by atoms with Gasteiger partial charge < -0.3 is 4.90 Å². The molecule has 0 saturated carbocycles. The molecule has 0 radical (unpaired) electrons. The van der Waals surface area contributed by atoms with E-state index in [1.807, 2.05) is 35.2 Å². The summed E-state index contributed by atoms with van der Waals surface area (Å²) < 4.78 is 1.63. The number of carbonyl (C=O) groups excluding carboxylic acids is 1. The first-order valence-electron chi connectivity index (χ1n) is 8.91. The molecule has 1 aromatic heterocycles. The summed E-state index contributed by atoms with van der Waals surface area (Å²) >= 11 is 5.89. The highest BCUT2D eigenvalue weighted by Crippen LogP contribution is 2.28. The molecule has 0 spiro atoms. The Balaban J connectivity index is 1.50. The van der Waals surface area contributed by atoms with Crippen molar-refractivity contribution in [2.24, 2.45) is 0 Å². The van der Waals surface area contributed by atoms with Crippen LogP contribution in [0, 0.1) is 0 Å². The fourth-order valence-electron chi connectivity index (χ4n) is 3.53. The number of rotatable bonds is 3. The van der Waals surface area contributed by atoms with Gasteiger partial charge in [0.15, 0.2) is 0 Å². The van der Waals surface area contributed by atoms with Gasteiger partial charge in [-0.2, -0.15) is 5.10 Å². The van der Waals surface area contributed by atoms with E-state index in [9.17, 15) is 9.59 Å². The normalized spacial score (nSPS) is 15.1. The smallest absolute Gasteiger partial charge is 0.339 e. The topological polar surface area (TPSA) is 71.0 Å². The summed E-state index contributed by atoms with van der Waals surface area (Å²) in [7, 11) is 0. The van der Waals surface area contributed by atoms with Crippen LogP contribution in [0.3, 0.4) is 0 Å². The number of carbonyl (C=O) groups is 1. The van der Waals surface area contributed by atoms with Crippen molar-refractivity contribution in [2.75, 3.05) is 13.1 Å². The number of H-pyrrole nitrogens is 1. The summed E-state index contributed by atoms with van der Waals surface area (Å²) in [6, 6.07) is 16.4. The van der Waals surface area contributed by atoms with E-state index < -0.39 is 0 Å². The van der Waals surface area contributed by atoms with Gasteiger partial charge in [0, 0.05) is 29.6 Å². The second kappa shape index (κ2) is 7.40. The molecule has 4 rings (SSSR count). The molecule has 0 aliphatic carbocycles. The number of aromatic nitrogens is 3. The first-order valence-corrected chi connectivity index (χ1v) is 9.29. The highest BCUT2D eigenvalue weighted by atomic mass is 35.5. The highest BCUT2D eigenvalue weighted by Gasteiger charge is 2.28. The summed E-state index contributed by atoms with van der Waals surface area (Å²) in [6.07, 6.45) is 1.52. The monoisotopic (exact) mass is 382 g/mol. The fourth-order valence-corrected chi connectivity index (χ4v) is 3.65. The number of aromatic amines is 1. The van der Waals surface area contributed by atoms with Gasteiger partial charge in [0.25, 0.3) is 5.91 Å². The zero-order chi connectivity index (χ0) is 18.8. The maximum atomic E-state index is 12.7. The number of para-hydroxylation sites is 1. The van der Waals surface area contributed by atoms with Crippen LogP contribution in [0.4, 0.5) is 0 Å². The van der Waals surface area contributed by atoms with Crippen LogP contribution in [-0.2, 0) is 0 Å². The summed E-state index contributed by atoms with van der Waals surface area (Å²) in [5.41, 5.74) is 1.20. The van der Waals surface area contributed by atoms with Crippen LogP contribution in [0.2, 0.25) is 5.02 Å². The van der Waals surface area contributed by atoms with E-state index >= 15 is 0 Å². The van der Waals surface area contributed by atoms with Gasteiger partial charge in [0.1, 0.15) is 5.82 Å². The average molecular weight is 383 g/mol. The van der Waals surface area contributed by atoms with E-state index in [4.69, 9.17) is 11.6 Å². The number of piperidine rings is 1. The van der Waals surface area contributed by atoms with Gasteiger partial charge >= 0.3 is 5.69 Å². The quantitative estimate of drug-likeness (QED) is 0.756. The van der Waals surface area contributed by atoms with E-state index in [1.54, 1.807) is 28.8 Å². The SMILES string of the molecule is O=C(c1ccc(Cl)cc1)N1CCC(c2n[nH]c(=O)n2-c2ccccc2)CC1. The third-order valence-corrected chi connectivity index (χ3v) is 5.20. The lowest BCUT2D eigenvalue weighted by molar-refractivity contribution is 0.0710. The Labute approximate surface area is 161 Å². The zero-order valence-corrected chi connectivity index (χ0v) is 15.4. The second-order valence-electron chi connectivity index (χ2n) is 6.63. The molecule has 1 N–H and O–H groups in total. The number of nitrogens with one attached hydrogen (secondary N) is 1. The Morgan fingerprint density at radius 3 is 2.37 bits per heavy atom. The third-order valence-electron chi connectivity index (χ3n) is 4.95. The molecule has 1 aliphatic heterocycles. The largest absolute Gasteiger partial charge is 0.347 e. The van der Waals surface area contributed by atoms with E-state index in [1.165, 1.54) is 0 Å². The molecule has 0 bridgehead atoms. The molecule has 3 aromatic rings. The molecule has 0 atom stereocenters. The van der Waals surface area contributed by atoms with Crippen molar-refractivity contribution in [3.8, 4) is 5.69 Å². The summed E-state index contributed by atoms with van der Waals surface area (Å²) in [4.78, 5) is 26.7. The number of likely N-dealkylation sites (tertiary alicyclic amines) is 1. The van der Waals surface area contributed by atoms with E-state index in [-0.39, 0.29) is 17.5 Å². The maximum Gasteiger partial charge on any atom is 0.347 e. The number of halogens is 1. The average Bonchev–Trinajstić information content (AvgIpc) is 3.10. The van der Waals surface area contributed by atoms with Crippen molar-refractivity contribution < 1.29 is 4.79 Å². The van der Waals surface area contributed by atoms with Crippen LogP contribution in [-0.4, -0.2) is 38.7 Å². The Bertz CT molecular complexity index is 987. The zero-order valence-electron chi connectivity index (χ0n) is 14.6. The van der Waals surface area contributed by atoms with Crippen molar-refractivity contribution in [3.05, 3.63) is 81.5 Å². The number of hydrogen-bond donors (Lipinski definition) is 1. The van der Waals surface area contributed by atoms with Crippen molar-refractivity contribution in [1.29, 1.82) is 0 Å². The number of benzene rings is 2. The van der Waals surface area contributed by atoms with Gasteiger partial charge in [0.2, 0.25) is 0 Å². The Kier molecular flexibility index (Phi) is 4.81. The Morgan fingerprint density at radius 2 is 1.70 bits per heavy atom. The maximum absolute atomic E-state index is 12.7. The van der Waals surface area contributed by atoms with E-state index in [0.717, 1.165) is 24.4 Å². The van der Waals surface area contributed by atoms with Crippen molar-refractivity contribution in [3.63, 3.8) is 0 Å². The van der Waals surface area contributed by atoms with Crippen LogP contribution in [0.5, 0.6) is 0 Å². The summed E-state index contributed by atoms with van der Waals surface area (Å²) in [5, 5.41) is 7.44. The van der Waals surface area contributed by atoms with Crippen LogP contribution in [0.1, 0.15) is 34.9 Å². The molecule has 27 heavy (non-hydrogen) atoms. The van der Waals surface area contributed by atoms with E-state index in [2.05, 4.69) is 10.2 Å². The van der Waals surface area contributed by atoms with Crippen molar-refractivity contribution in [1.82, 2.24) is 19.7 Å². The van der Waals surface area contributed by atoms with Crippen LogP contribution < -0.4 is 5.69 Å². The lowest BCUT2D eigenvalue weighted by Crippen LogP contribution is -2.38. The highest BCUT2D eigenvalue weighted by molar-refractivity contribution is 6.30. The van der Waals surface area contributed by atoms with Gasteiger partial charge in [-0.3, -0.25) is 4.79 Å². The molecule has 1 amide bonds. The summed E-state index contributed by atoms with van der Waals surface area (Å²) in [6.45, 7) is 1.25. The van der Waals surface area contributed by atoms with Crippen molar-refractivity contribution >= 4 is 17.5 Å². The Morgan fingerprint density at radius 1 is 1.04 bits per heavy atom. The molecule has 1 fully saturated rings. The predicted molar refractivity (Wildman–Crippen MR) is 104 cm³/mol. The molecule has 1 aliphatic rings. The number of nitrogens with zero attached hydrogens (tertiary/aromatic N) is 3. The van der Waals surface area contributed by atoms with Gasteiger partial charge in [-0.1, -0.05) is 29.8 Å². The molecule has 2 aromatic carbocycles.